The molecule has 0 aromatic heterocycles. The molecule has 2 N–H and O–H groups in total. The predicted octanol–water partition coefficient (Wildman–Crippen LogP) is 3.34. The van der Waals surface area contributed by atoms with E-state index in [0.717, 1.165) is 5.56 Å². The van der Waals surface area contributed by atoms with Crippen molar-refractivity contribution < 1.29 is 10.2 Å². The van der Waals surface area contributed by atoms with Crippen molar-refractivity contribution in [2.45, 2.75) is 13.8 Å². The molecule has 74 valence electrons. The number of rotatable bonds is 2. The van der Waals surface area contributed by atoms with Crippen LogP contribution in [0, 0.1) is 0 Å². The lowest BCUT2D eigenvalue weighted by molar-refractivity contribution is 0.419. The quantitative estimate of drug-likeness (QED) is 0.702. The highest BCUT2D eigenvalue weighted by atomic mass is 16.3. The fourth-order valence-corrected chi connectivity index (χ4v) is 1.21. The van der Waals surface area contributed by atoms with Crippen LogP contribution in [0.3, 0.4) is 0 Å². The monoisotopic (exact) mass is 190 g/mol. The number of phenols is 1. The minimum absolute atomic E-state index is 0.173. The molecule has 0 fully saturated rings. The molecule has 14 heavy (non-hydrogen) atoms. The number of aliphatic hydroxyl groups excluding tert-OH is 1. The zero-order chi connectivity index (χ0) is 10.6. The van der Waals surface area contributed by atoms with Crippen LogP contribution in [0.15, 0.2) is 30.0 Å². The van der Waals surface area contributed by atoms with Crippen molar-refractivity contribution in [3.8, 4) is 5.75 Å². The molecular weight excluding hydrogens is 176 g/mol. The Kier molecular flexibility index (Phi) is 3.35. The Hall–Kier alpha value is -1.70. The number of hydrogen-bond acceptors (Lipinski definition) is 2. The summed E-state index contributed by atoms with van der Waals surface area (Å²) in [6, 6.07) is 5.25. The smallest absolute Gasteiger partial charge is 0.122 e. The average molecular weight is 190 g/mol. The lowest BCUT2D eigenvalue weighted by Crippen LogP contribution is -1.80. The van der Waals surface area contributed by atoms with E-state index in [2.05, 4.69) is 0 Å². The molecule has 0 saturated carbocycles. The molecule has 1 aromatic carbocycles. The van der Waals surface area contributed by atoms with Crippen LogP contribution in [-0.4, -0.2) is 10.2 Å². The highest BCUT2D eigenvalue weighted by molar-refractivity contribution is 5.63. The molecule has 1 rings (SSSR count). The molecule has 0 bridgehead atoms. The summed E-state index contributed by atoms with van der Waals surface area (Å²) in [5.74, 6) is 0.351. The average Bonchev–Trinajstić information content (AvgIpc) is 2.10. The minimum atomic E-state index is 0.173. The molecule has 2 nitrogen and oxygen atoms in total. The number of allylic oxidation sites excluding steroid dienone is 2. The molecule has 1 aromatic rings. The van der Waals surface area contributed by atoms with Gasteiger partial charge in [-0.15, -0.1) is 0 Å². The number of benzene rings is 1. The Morgan fingerprint density at radius 3 is 2.64 bits per heavy atom. The van der Waals surface area contributed by atoms with Gasteiger partial charge < -0.3 is 10.2 Å². The molecule has 0 unspecified atom stereocenters. The van der Waals surface area contributed by atoms with Gasteiger partial charge in [0.05, 0.1) is 5.76 Å². The number of aliphatic hydroxyl groups is 1. The Labute approximate surface area is 83.8 Å². The van der Waals surface area contributed by atoms with Gasteiger partial charge in [0.25, 0.3) is 0 Å². The van der Waals surface area contributed by atoms with Gasteiger partial charge in [-0.3, -0.25) is 0 Å². The molecule has 0 atom stereocenters. The first-order valence-corrected chi connectivity index (χ1v) is 4.46. The Balaban J connectivity index is 3.15. The first-order valence-electron chi connectivity index (χ1n) is 4.46. The summed E-state index contributed by atoms with van der Waals surface area (Å²) >= 11 is 0. The van der Waals surface area contributed by atoms with Gasteiger partial charge in [0.1, 0.15) is 5.75 Å². The number of hydrogen-bond donors (Lipinski definition) is 2. The normalized spacial score (nSPS) is 12.3. The van der Waals surface area contributed by atoms with Gasteiger partial charge in [-0.25, -0.2) is 0 Å². The summed E-state index contributed by atoms with van der Waals surface area (Å²) in [6.45, 7) is 3.50. The van der Waals surface area contributed by atoms with Gasteiger partial charge >= 0.3 is 0 Å². The van der Waals surface area contributed by atoms with E-state index < -0.39 is 0 Å². The van der Waals surface area contributed by atoms with Gasteiger partial charge in [0.2, 0.25) is 0 Å². The van der Waals surface area contributed by atoms with Crippen molar-refractivity contribution in [1.82, 2.24) is 0 Å². The van der Waals surface area contributed by atoms with Crippen molar-refractivity contribution in [2.75, 3.05) is 0 Å². The summed E-state index contributed by atoms with van der Waals surface area (Å²) < 4.78 is 0. The highest BCUT2D eigenvalue weighted by Gasteiger charge is 1.98. The fraction of sp³-hybridized carbons (Fsp3) is 0.167. The van der Waals surface area contributed by atoms with E-state index in [0.29, 0.717) is 5.56 Å². The van der Waals surface area contributed by atoms with Crippen LogP contribution < -0.4 is 0 Å². The van der Waals surface area contributed by atoms with Crippen LogP contribution in [0.4, 0.5) is 0 Å². The maximum Gasteiger partial charge on any atom is 0.122 e. The maximum atomic E-state index is 9.47. The van der Waals surface area contributed by atoms with Gasteiger partial charge in [-0.05, 0) is 37.6 Å². The highest BCUT2D eigenvalue weighted by Crippen LogP contribution is 2.21. The first-order chi connectivity index (χ1) is 6.63. The minimum Gasteiger partial charge on any atom is -0.513 e. The van der Waals surface area contributed by atoms with Crippen molar-refractivity contribution in [3.63, 3.8) is 0 Å². The lowest BCUT2D eigenvalue weighted by Gasteiger charge is -2.01. The van der Waals surface area contributed by atoms with E-state index >= 15 is 0 Å². The van der Waals surface area contributed by atoms with Gasteiger partial charge in [-0.1, -0.05) is 18.2 Å². The SMILES string of the molecule is CC=Cc1ccc(O)c(C=C(C)O)c1. The van der Waals surface area contributed by atoms with Crippen molar-refractivity contribution >= 4 is 12.2 Å². The fourth-order valence-electron chi connectivity index (χ4n) is 1.21. The largest absolute Gasteiger partial charge is 0.513 e. The molecule has 0 spiro atoms. The lowest BCUT2D eigenvalue weighted by atomic mass is 10.1. The van der Waals surface area contributed by atoms with Crippen molar-refractivity contribution in [3.05, 3.63) is 41.2 Å². The Morgan fingerprint density at radius 2 is 2.07 bits per heavy atom. The number of phenolic OH excluding ortho intramolecular Hbond substituents is 1. The van der Waals surface area contributed by atoms with Crippen molar-refractivity contribution in [1.29, 1.82) is 0 Å². The third kappa shape index (κ3) is 2.66. The zero-order valence-electron chi connectivity index (χ0n) is 8.36. The summed E-state index contributed by atoms with van der Waals surface area (Å²) in [5.41, 5.74) is 1.62. The molecule has 0 amide bonds. The van der Waals surface area contributed by atoms with Crippen LogP contribution in [0.1, 0.15) is 25.0 Å². The second kappa shape index (κ2) is 4.51. The second-order valence-corrected chi connectivity index (χ2v) is 3.10. The topological polar surface area (TPSA) is 40.5 Å². The van der Waals surface area contributed by atoms with Crippen LogP contribution in [-0.2, 0) is 0 Å². The summed E-state index contributed by atoms with van der Waals surface area (Å²) in [7, 11) is 0. The predicted molar refractivity (Wildman–Crippen MR) is 59.1 cm³/mol. The van der Waals surface area contributed by atoms with E-state index in [-0.39, 0.29) is 11.5 Å². The van der Waals surface area contributed by atoms with E-state index in [9.17, 15) is 5.11 Å². The van der Waals surface area contributed by atoms with Gasteiger partial charge in [0.15, 0.2) is 0 Å². The molecule has 0 radical (unpaired) electrons. The standard InChI is InChI=1S/C12H14O2/c1-3-4-10-5-6-12(14)11(8-10)7-9(2)13/h3-8,13-14H,1-2H3. The third-order valence-electron chi connectivity index (χ3n) is 1.78. The molecular formula is C12H14O2. The molecule has 0 aliphatic heterocycles. The Bertz CT molecular complexity index is 372. The molecule has 0 aliphatic carbocycles. The maximum absolute atomic E-state index is 9.47. The first kappa shape index (κ1) is 10.4. The van der Waals surface area contributed by atoms with Gasteiger partial charge in [0, 0.05) is 5.56 Å². The molecule has 0 saturated heterocycles. The Morgan fingerprint density at radius 1 is 1.36 bits per heavy atom. The summed E-state index contributed by atoms with van der Waals surface area (Å²) in [4.78, 5) is 0. The van der Waals surface area contributed by atoms with E-state index in [4.69, 9.17) is 5.11 Å². The summed E-state index contributed by atoms with van der Waals surface area (Å²) in [6.07, 6.45) is 5.39. The zero-order valence-corrected chi connectivity index (χ0v) is 8.36. The summed E-state index contributed by atoms with van der Waals surface area (Å²) in [5, 5.41) is 18.6. The van der Waals surface area contributed by atoms with Crippen LogP contribution in [0.2, 0.25) is 0 Å². The molecule has 2 heteroatoms. The third-order valence-corrected chi connectivity index (χ3v) is 1.78. The number of aromatic hydroxyl groups is 1. The molecule has 0 heterocycles. The van der Waals surface area contributed by atoms with E-state index in [1.54, 1.807) is 13.0 Å². The second-order valence-electron chi connectivity index (χ2n) is 3.10. The van der Waals surface area contributed by atoms with Crippen LogP contribution >= 0.6 is 0 Å². The van der Waals surface area contributed by atoms with Crippen molar-refractivity contribution in [2.24, 2.45) is 0 Å². The molecule has 0 aliphatic rings. The van der Waals surface area contributed by atoms with Gasteiger partial charge in [-0.2, -0.15) is 0 Å². The van der Waals surface area contributed by atoms with E-state index in [1.165, 1.54) is 6.08 Å². The van der Waals surface area contributed by atoms with Crippen LogP contribution in [0.5, 0.6) is 5.75 Å². The van der Waals surface area contributed by atoms with Crippen LogP contribution in [0.25, 0.3) is 12.2 Å². The van der Waals surface area contributed by atoms with E-state index in [1.807, 2.05) is 31.2 Å².